The van der Waals surface area contributed by atoms with Gasteiger partial charge in [0.25, 0.3) is 0 Å². The lowest BCUT2D eigenvalue weighted by molar-refractivity contribution is 0.409. The third kappa shape index (κ3) is 2.83. The minimum absolute atomic E-state index is 0.655. The van der Waals surface area contributed by atoms with Gasteiger partial charge < -0.3 is 11.5 Å². The summed E-state index contributed by atoms with van der Waals surface area (Å²) in [6.45, 7) is 2.14. The van der Waals surface area contributed by atoms with E-state index in [0.717, 1.165) is 24.8 Å². The standard InChI is InChI=1S/C11H18N2/c1-2-3-9-11(12,13)10-7-5-4-6-8-10/h4-8H,2-3,9,12-13H2,1H3. The predicted octanol–water partition coefficient (Wildman–Crippen LogP) is 1.95. The van der Waals surface area contributed by atoms with Crippen molar-refractivity contribution in [2.45, 2.75) is 31.8 Å². The summed E-state index contributed by atoms with van der Waals surface area (Å²) in [5.74, 6) is 0. The van der Waals surface area contributed by atoms with Crippen molar-refractivity contribution < 1.29 is 0 Å². The highest BCUT2D eigenvalue weighted by Gasteiger charge is 2.19. The lowest BCUT2D eigenvalue weighted by atomic mass is 9.96. The van der Waals surface area contributed by atoms with Gasteiger partial charge in [-0.15, -0.1) is 0 Å². The van der Waals surface area contributed by atoms with Crippen LogP contribution < -0.4 is 11.5 Å². The third-order valence-electron chi connectivity index (χ3n) is 2.26. The van der Waals surface area contributed by atoms with Crippen LogP contribution in [-0.2, 0) is 5.66 Å². The van der Waals surface area contributed by atoms with Crippen molar-refractivity contribution in [3.05, 3.63) is 35.9 Å². The van der Waals surface area contributed by atoms with Crippen molar-refractivity contribution in [3.8, 4) is 0 Å². The molecular formula is C11H18N2. The molecular weight excluding hydrogens is 160 g/mol. The Labute approximate surface area is 79.9 Å². The van der Waals surface area contributed by atoms with Crippen LogP contribution >= 0.6 is 0 Å². The Kier molecular flexibility index (Phi) is 3.46. The summed E-state index contributed by atoms with van der Waals surface area (Å²) in [5, 5.41) is 0. The van der Waals surface area contributed by atoms with E-state index in [0.29, 0.717) is 0 Å². The first kappa shape index (κ1) is 10.2. The number of rotatable bonds is 4. The Morgan fingerprint density at radius 2 is 1.77 bits per heavy atom. The monoisotopic (exact) mass is 178 g/mol. The Morgan fingerprint density at radius 3 is 2.31 bits per heavy atom. The van der Waals surface area contributed by atoms with Gasteiger partial charge in [0.15, 0.2) is 0 Å². The van der Waals surface area contributed by atoms with E-state index in [9.17, 15) is 0 Å². The Hall–Kier alpha value is -0.860. The summed E-state index contributed by atoms with van der Waals surface area (Å²) >= 11 is 0. The molecule has 0 atom stereocenters. The highest BCUT2D eigenvalue weighted by molar-refractivity contribution is 5.22. The second-order valence-electron chi connectivity index (χ2n) is 3.51. The van der Waals surface area contributed by atoms with E-state index < -0.39 is 5.66 Å². The summed E-state index contributed by atoms with van der Waals surface area (Å²) in [4.78, 5) is 0. The molecule has 0 saturated carbocycles. The highest BCUT2D eigenvalue weighted by Crippen LogP contribution is 2.18. The van der Waals surface area contributed by atoms with Gasteiger partial charge >= 0.3 is 0 Å². The van der Waals surface area contributed by atoms with Crippen molar-refractivity contribution >= 4 is 0 Å². The molecule has 0 unspecified atom stereocenters. The van der Waals surface area contributed by atoms with Crippen LogP contribution in [0.15, 0.2) is 30.3 Å². The molecule has 2 nitrogen and oxygen atoms in total. The average Bonchev–Trinajstić information content (AvgIpc) is 2.16. The molecule has 1 rings (SSSR count). The van der Waals surface area contributed by atoms with Gasteiger partial charge in [-0.2, -0.15) is 0 Å². The minimum atomic E-state index is -0.655. The molecule has 0 fully saturated rings. The second-order valence-corrected chi connectivity index (χ2v) is 3.51. The van der Waals surface area contributed by atoms with E-state index in [-0.39, 0.29) is 0 Å². The Balaban J connectivity index is 2.69. The number of hydrogen-bond acceptors (Lipinski definition) is 2. The van der Waals surface area contributed by atoms with E-state index in [1.807, 2.05) is 30.3 Å². The second kappa shape index (κ2) is 4.40. The van der Waals surface area contributed by atoms with E-state index >= 15 is 0 Å². The van der Waals surface area contributed by atoms with Gasteiger partial charge in [-0.1, -0.05) is 50.1 Å². The minimum Gasteiger partial charge on any atom is -0.310 e. The van der Waals surface area contributed by atoms with Gasteiger partial charge in [0.2, 0.25) is 0 Å². The lowest BCUT2D eigenvalue weighted by Gasteiger charge is -2.24. The van der Waals surface area contributed by atoms with Crippen LogP contribution in [0.25, 0.3) is 0 Å². The number of hydrogen-bond donors (Lipinski definition) is 2. The SMILES string of the molecule is CCCCC(N)(N)c1ccccc1. The maximum absolute atomic E-state index is 6.00. The number of nitrogens with two attached hydrogens (primary N) is 2. The molecule has 0 heterocycles. The molecule has 0 bridgehead atoms. The maximum Gasteiger partial charge on any atom is 0.0899 e. The highest BCUT2D eigenvalue weighted by atomic mass is 14.9. The molecule has 0 spiro atoms. The smallest absolute Gasteiger partial charge is 0.0899 e. The van der Waals surface area contributed by atoms with E-state index in [1.54, 1.807) is 0 Å². The van der Waals surface area contributed by atoms with E-state index in [2.05, 4.69) is 6.92 Å². The summed E-state index contributed by atoms with van der Waals surface area (Å²) in [5.41, 5.74) is 12.4. The molecule has 0 aliphatic rings. The largest absolute Gasteiger partial charge is 0.310 e. The lowest BCUT2D eigenvalue weighted by Crippen LogP contribution is -2.45. The zero-order valence-electron chi connectivity index (χ0n) is 8.16. The zero-order chi connectivity index (χ0) is 9.73. The third-order valence-corrected chi connectivity index (χ3v) is 2.26. The first-order valence-electron chi connectivity index (χ1n) is 4.80. The topological polar surface area (TPSA) is 52.0 Å². The van der Waals surface area contributed by atoms with Crippen molar-refractivity contribution in [1.29, 1.82) is 0 Å². The van der Waals surface area contributed by atoms with Gasteiger partial charge in [-0.25, -0.2) is 0 Å². The molecule has 0 aromatic heterocycles. The first-order chi connectivity index (χ1) is 6.17. The summed E-state index contributed by atoms with van der Waals surface area (Å²) in [6.07, 6.45) is 3.04. The van der Waals surface area contributed by atoms with Gasteiger partial charge in [-0.05, 0) is 12.0 Å². The van der Waals surface area contributed by atoms with Crippen LogP contribution in [0.5, 0.6) is 0 Å². The van der Waals surface area contributed by atoms with Crippen LogP contribution in [0.1, 0.15) is 31.7 Å². The normalized spacial score (nSPS) is 11.6. The summed E-state index contributed by atoms with van der Waals surface area (Å²) < 4.78 is 0. The molecule has 2 heteroatoms. The van der Waals surface area contributed by atoms with Gasteiger partial charge in [-0.3, -0.25) is 0 Å². The van der Waals surface area contributed by atoms with Crippen molar-refractivity contribution in [2.75, 3.05) is 0 Å². The quantitative estimate of drug-likeness (QED) is 0.692. The molecule has 1 aromatic rings. The molecule has 13 heavy (non-hydrogen) atoms. The molecule has 0 radical (unpaired) electrons. The molecule has 72 valence electrons. The van der Waals surface area contributed by atoms with Crippen molar-refractivity contribution in [2.24, 2.45) is 11.5 Å². The van der Waals surface area contributed by atoms with Gasteiger partial charge in [0.1, 0.15) is 0 Å². The molecule has 0 aliphatic heterocycles. The van der Waals surface area contributed by atoms with Crippen LogP contribution in [0, 0.1) is 0 Å². The Bertz CT molecular complexity index is 242. The van der Waals surface area contributed by atoms with Crippen LogP contribution in [0.4, 0.5) is 0 Å². The number of unbranched alkanes of at least 4 members (excludes halogenated alkanes) is 1. The van der Waals surface area contributed by atoms with Crippen molar-refractivity contribution in [1.82, 2.24) is 0 Å². The zero-order valence-corrected chi connectivity index (χ0v) is 8.16. The van der Waals surface area contributed by atoms with Crippen LogP contribution in [-0.4, -0.2) is 0 Å². The summed E-state index contributed by atoms with van der Waals surface area (Å²) in [6, 6.07) is 9.87. The van der Waals surface area contributed by atoms with E-state index in [4.69, 9.17) is 11.5 Å². The average molecular weight is 178 g/mol. The van der Waals surface area contributed by atoms with Crippen LogP contribution in [0.3, 0.4) is 0 Å². The fourth-order valence-electron chi connectivity index (χ4n) is 1.36. The molecule has 0 amide bonds. The molecule has 0 aliphatic carbocycles. The molecule has 1 aromatic carbocycles. The fraction of sp³-hybridized carbons (Fsp3) is 0.455. The van der Waals surface area contributed by atoms with Crippen molar-refractivity contribution in [3.63, 3.8) is 0 Å². The Morgan fingerprint density at radius 1 is 1.15 bits per heavy atom. The van der Waals surface area contributed by atoms with Gasteiger partial charge in [0.05, 0.1) is 5.66 Å². The maximum atomic E-state index is 6.00. The fourth-order valence-corrected chi connectivity index (χ4v) is 1.36. The van der Waals surface area contributed by atoms with Gasteiger partial charge in [0, 0.05) is 0 Å². The predicted molar refractivity (Wildman–Crippen MR) is 56.0 cm³/mol. The molecule has 0 saturated heterocycles. The first-order valence-corrected chi connectivity index (χ1v) is 4.80. The summed E-state index contributed by atoms with van der Waals surface area (Å²) in [7, 11) is 0. The molecule has 4 N–H and O–H groups in total. The number of benzene rings is 1. The van der Waals surface area contributed by atoms with E-state index in [1.165, 1.54) is 0 Å². The van der Waals surface area contributed by atoms with Crippen LogP contribution in [0.2, 0.25) is 0 Å².